The molecule has 0 fully saturated rings. The molecule has 0 saturated heterocycles. The minimum atomic E-state index is -0.583. The van der Waals surface area contributed by atoms with Gasteiger partial charge in [0, 0.05) is 12.4 Å². The van der Waals surface area contributed by atoms with Crippen molar-refractivity contribution in [1.29, 1.82) is 0 Å². The zero-order chi connectivity index (χ0) is 12.5. The SMILES string of the molecule is NC(=O)c1ccnc2nc(-c3ccccn3)nn12. The summed E-state index contributed by atoms with van der Waals surface area (Å²) in [5.74, 6) is 0.128. The van der Waals surface area contributed by atoms with E-state index in [4.69, 9.17) is 5.73 Å². The summed E-state index contributed by atoms with van der Waals surface area (Å²) in [5, 5.41) is 4.18. The Balaban J connectivity index is 2.23. The van der Waals surface area contributed by atoms with Crippen LogP contribution in [-0.4, -0.2) is 30.5 Å². The van der Waals surface area contributed by atoms with Crippen LogP contribution in [0.15, 0.2) is 36.7 Å². The molecule has 88 valence electrons. The van der Waals surface area contributed by atoms with Gasteiger partial charge in [0.15, 0.2) is 0 Å². The number of pyridine rings is 1. The predicted molar refractivity (Wildman–Crippen MR) is 62.5 cm³/mol. The lowest BCUT2D eigenvalue weighted by Gasteiger charge is -1.96. The molecule has 0 bridgehead atoms. The van der Waals surface area contributed by atoms with Gasteiger partial charge in [-0.2, -0.15) is 9.50 Å². The smallest absolute Gasteiger partial charge is 0.267 e. The van der Waals surface area contributed by atoms with E-state index < -0.39 is 5.91 Å². The second-order valence-electron chi connectivity index (χ2n) is 3.56. The fourth-order valence-electron chi connectivity index (χ4n) is 1.58. The molecule has 0 aromatic carbocycles. The minimum Gasteiger partial charge on any atom is -0.364 e. The highest BCUT2D eigenvalue weighted by Crippen LogP contribution is 2.12. The summed E-state index contributed by atoms with van der Waals surface area (Å²) < 4.78 is 1.31. The highest BCUT2D eigenvalue weighted by molar-refractivity contribution is 5.91. The molecular formula is C11H8N6O. The highest BCUT2D eigenvalue weighted by Gasteiger charge is 2.13. The molecule has 0 aliphatic heterocycles. The molecule has 3 aromatic heterocycles. The van der Waals surface area contributed by atoms with Crippen molar-refractivity contribution in [2.24, 2.45) is 5.73 Å². The lowest BCUT2D eigenvalue weighted by Crippen LogP contribution is -2.16. The summed E-state index contributed by atoms with van der Waals surface area (Å²) in [5.41, 5.74) is 6.10. The summed E-state index contributed by atoms with van der Waals surface area (Å²) in [4.78, 5) is 23.6. The molecule has 3 aromatic rings. The molecule has 3 heterocycles. The molecule has 0 unspecified atom stereocenters. The van der Waals surface area contributed by atoms with Crippen LogP contribution in [0.25, 0.3) is 17.3 Å². The lowest BCUT2D eigenvalue weighted by molar-refractivity contribution is 0.0993. The molecular weight excluding hydrogens is 232 g/mol. The Morgan fingerprint density at radius 2 is 2.06 bits per heavy atom. The van der Waals surface area contributed by atoms with Crippen LogP contribution in [-0.2, 0) is 0 Å². The van der Waals surface area contributed by atoms with E-state index >= 15 is 0 Å². The van der Waals surface area contributed by atoms with Gasteiger partial charge < -0.3 is 5.73 Å². The van der Waals surface area contributed by atoms with E-state index in [9.17, 15) is 4.79 Å². The van der Waals surface area contributed by atoms with Crippen molar-refractivity contribution < 1.29 is 4.79 Å². The Morgan fingerprint density at radius 3 is 2.78 bits per heavy atom. The molecule has 7 heteroatoms. The van der Waals surface area contributed by atoms with Crippen LogP contribution in [0.2, 0.25) is 0 Å². The van der Waals surface area contributed by atoms with Crippen molar-refractivity contribution >= 4 is 11.7 Å². The first kappa shape index (κ1) is 10.3. The largest absolute Gasteiger partial charge is 0.364 e. The standard InChI is InChI=1S/C11H8N6O/c12-9(18)8-4-6-14-11-15-10(16-17(8)11)7-3-1-2-5-13-7/h1-6H,(H2,12,18). The first-order valence-corrected chi connectivity index (χ1v) is 5.19. The van der Waals surface area contributed by atoms with Crippen LogP contribution >= 0.6 is 0 Å². The average molecular weight is 240 g/mol. The predicted octanol–water partition coefficient (Wildman–Crippen LogP) is 0.285. The van der Waals surface area contributed by atoms with E-state index in [2.05, 4.69) is 20.1 Å². The third kappa shape index (κ3) is 1.58. The fourth-order valence-corrected chi connectivity index (χ4v) is 1.58. The number of carbonyl (C=O) groups is 1. The van der Waals surface area contributed by atoms with Gasteiger partial charge in [-0.25, -0.2) is 4.98 Å². The van der Waals surface area contributed by atoms with Gasteiger partial charge in [0.1, 0.15) is 11.4 Å². The molecule has 7 nitrogen and oxygen atoms in total. The molecule has 18 heavy (non-hydrogen) atoms. The number of aromatic nitrogens is 5. The van der Waals surface area contributed by atoms with Crippen LogP contribution < -0.4 is 5.73 Å². The number of carbonyl (C=O) groups excluding carboxylic acids is 1. The van der Waals surface area contributed by atoms with Crippen molar-refractivity contribution in [3.63, 3.8) is 0 Å². The Kier molecular flexibility index (Phi) is 2.23. The third-order valence-electron chi connectivity index (χ3n) is 2.39. The van der Waals surface area contributed by atoms with E-state index in [0.717, 1.165) is 0 Å². The summed E-state index contributed by atoms with van der Waals surface area (Å²) in [7, 11) is 0. The maximum absolute atomic E-state index is 11.3. The van der Waals surface area contributed by atoms with Crippen LogP contribution in [0.5, 0.6) is 0 Å². The number of nitrogens with two attached hydrogens (primary N) is 1. The van der Waals surface area contributed by atoms with E-state index in [0.29, 0.717) is 17.3 Å². The Hall–Kier alpha value is -2.83. The summed E-state index contributed by atoms with van der Waals surface area (Å²) >= 11 is 0. The number of rotatable bonds is 2. The molecule has 0 aliphatic rings. The zero-order valence-electron chi connectivity index (χ0n) is 9.19. The van der Waals surface area contributed by atoms with Crippen LogP contribution in [0.4, 0.5) is 0 Å². The molecule has 0 spiro atoms. The summed E-state index contributed by atoms with van der Waals surface area (Å²) in [6.45, 7) is 0. The van der Waals surface area contributed by atoms with Gasteiger partial charge in [-0.3, -0.25) is 9.78 Å². The maximum Gasteiger partial charge on any atom is 0.267 e. The van der Waals surface area contributed by atoms with Gasteiger partial charge >= 0.3 is 0 Å². The van der Waals surface area contributed by atoms with E-state index in [-0.39, 0.29) is 5.69 Å². The average Bonchev–Trinajstić information content (AvgIpc) is 2.83. The van der Waals surface area contributed by atoms with Crippen molar-refractivity contribution in [3.8, 4) is 11.5 Å². The first-order chi connectivity index (χ1) is 8.75. The van der Waals surface area contributed by atoms with Gasteiger partial charge in [-0.15, -0.1) is 5.10 Å². The summed E-state index contributed by atoms with van der Waals surface area (Å²) in [6.07, 6.45) is 3.11. The third-order valence-corrected chi connectivity index (χ3v) is 2.39. The normalized spacial score (nSPS) is 10.7. The Morgan fingerprint density at radius 1 is 1.17 bits per heavy atom. The van der Waals surface area contributed by atoms with E-state index in [1.807, 2.05) is 6.07 Å². The zero-order valence-corrected chi connectivity index (χ0v) is 9.19. The highest BCUT2D eigenvalue weighted by atomic mass is 16.1. The molecule has 0 radical (unpaired) electrons. The molecule has 1 amide bonds. The second kappa shape index (κ2) is 3.88. The quantitative estimate of drug-likeness (QED) is 0.693. The minimum absolute atomic E-state index is 0.231. The van der Waals surface area contributed by atoms with Crippen LogP contribution in [0, 0.1) is 0 Å². The molecule has 3 rings (SSSR count). The Bertz CT molecular complexity index is 721. The lowest BCUT2D eigenvalue weighted by atomic mass is 10.3. The number of primary amides is 1. The second-order valence-corrected chi connectivity index (χ2v) is 3.56. The van der Waals surface area contributed by atoms with E-state index in [1.165, 1.54) is 16.8 Å². The van der Waals surface area contributed by atoms with Crippen molar-refractivity contribution in [1.82, 2.24) is 24.6 Å². The topological polar surface area (TPSA) is 99.1 Å². The maximum atomic E-state index is 11.3. The molecule has 0 atom stereocenters. The molecule has 0 aliphatic carbocycles. The van der Waals surface area contributed by atoms with Gasteiger partial charge in [-0.05, 0) is 18.2 Å². The van der Waals surface area contributed by atoms with Crippen LogP contribution in [0.1, 0.15) is 10.5 Å². The van der Waals surface area contributed by atoms with Crippen LogP contribution in [0.3, 0.4) is 0 Å². The van der Waals surface area contributed by atoms with Crippen molar-refractivity contribution in [2.75, 3.05) is 0 Å². The number of fused-ring (bicyclic) bond motifs is 1. The number of nitrogens with zero attached hydrogens (tertiary/aromatic N) is 5. The van der Waals surface area contributed by atoms with Gasteiger partial charge in [0.2, 0.25) is 5.82 Å². The van der Waals surface area contributed by atoms with Gasteiger partial charge in [-0.1, -0.05) is 6.07 Å². The van der Waals surface area contributed by atoms with Crippen molar-refractivity contribution in [3.05, 3.63) is 42.4 Å². The molecule has 2 N–H and O–H groups in total. The molecule has 0 saturated carbocycles. The number of hydrogen-bond donors (Lipinski definition) is 1. The van der Waals surface area contributed by atoms with E-state index in [1.54, 1.807) is 18.3 Å². The Labute approximate surface area is 101 Å². The van der Waals surface area contributed by atoms with Gasteiger partial charge in [0.05, 0.1) is 0 Å². The first-order valence-electron chi connectivity index (χ1n) is 5.19. The fraction of sp³-hybridized carbons (Fsp3) is 0. The summed E-state index contributed by atoms with van der Waals surface area (Å²) in [6, 6.07) is 6.90. The number of hydrogen-bond acceptors (Lipinski definition) is 5. The van der Waals surface area contributed by atoms with Crippen molar-refractivity contribution in [2.45, 2.75) is 0 Å². The number of amides is 1. The monoisotopic (exact) mass is 240 g/mol. The van der Waals surface area contributed by atoms with Gasteiger partial charge in [0.25, 0.3) is 11.7 Å².